The van der Waals surface area contributed by atoms with Crippen molar-refractivity contribution in [3.63, 3.8) is 0 Å². The number of methoxy groups -OCH3 is 1. The zero-order valence-electron chi connectivity index (χ0n) is 18.3. The number of aryl methyl sites for hydroxylation is 1. The van der Waals surface area contributed by atoms with Gasteiger partial charge >= 0.3 is 0 Å². The van der Waals surface area contributed by atoms with E-state index < -0.39 is 10.0 Å². The minimum absolute atomic E-state index is 0.0854. The van der Waals surface area contributed by atoms with E-state index in [4.69, 9.17) is 4.74 Å². The summed E-state index contributed by atoms with van der Waals surface area (Å²) in [6, 6.07) is 9.56. The van der Waals surface area contributed by atoms with Crippen LogP contribution in [0, 0.1) is 6.92 Å². The smallest absolute Gasteiger partial charge is 0.262 e. The fourth-order valence-electron chi connectivity index (χ4n) is 3.30. The first-order valence-corrected chi connectivity index (χ1v) is 11.3. The molecule has 4 nitrogen and oxygen atoms in total. The van der Waals surface area contributed by atoms with Gasteiger partial charge in [-0.2, -0.15) is 0 Å². The molecular formula is C23H33NO3S. The summed E-state index contributed by atoms with van der Waals surface area (Å²) in [7, 11) is -2.25. The molecule has 0 spiro atoms. The molecule has 154 valence electrons. The molecule has 0 heterocycles. The number of sulfonamides is 1. The topological polar surface area (TPSA) is 55.4 Å². The largest absolute Gasteiger partial charge is 0.495 e. The molecule has 2 aromatic carbocycles. The van der Waals surface area contributed by atoms with Crippen LogP contribution in [0.2, 0.25) is 0 Å². The Morgan fingerprint density at radius 1 is 0.857 bits per heavy atom. The summed E-state index contributed by atoms with van der Waals surface area (Å²) in [5.74, 6) is 1.01. The third-order valence-electron chi connectivity index (χ3n) is 4.95. The van der Waals surface area contributed by atoms with Crippen LogP contribution in [0.5, 0.6) is 5.75 Å². The third kappa shape index (κ3) is 4.69. The fraction of sp³-hybridized carbons (Fsp3) is 0.478. The molecule has 0 unspecified atom stereocenters. The van der Waals surface area contributed by atoms with Crippen molar-refractivity contribution in [2.24, 2.45) is 0 Å². The van der Waals surface area contributed by atoms with Gasteiger partial charge in [0.15, 0.2) is 0 Å². The van der Waals surface area contributed by atoms with Gasteiger partial charge in [-0.1, -0.05) is 59.7 Å². The van der Waals surface area contributed by atoms with E-state index in [0.29, 0.717) is 22.3 Å². The summed E-state index contributed by atoms with van der Waals surface area (Å²) < 4.78 is 35.2. The standard InChI is InChI=1S/C23H33NO3S/c1-14(2)18-12-19(15(3)4)23(20(13-18)16(5)6)28(25,26)24-21-11-17(7)9-10-22(21)27-8/h9-16,24H,1-8H3. The van der Waals surface area contributed by atoms with Gasteiger partial charge in [0.1, 0.15) is 5.75 Å². The maximum atomic E-state index is 13.5. The Balaban J connectivity index is 2.72. The molecule has 2 aromatic rings. The molecule has 0 bridgehead atoms. The molecular weight excluding hydrogens is 370 g/mol. The summed E-state index contributed by atoms with van der Waals surface area (Å²) in [5.41, 5.74) is 4.30. The van der Waals surface area contributed by atoms with E-state index in [2.05, 4.69) is 18.6 Å². The molecule has 0 amide bonds. The van der Waals surface area contributed by atoms with Crippen molar-refractivity contribution in [2.45, 2.75) is 71.1 Å². The summed E-state index contributed by atoms with van der Waals surface area (Å²) in [5, 5.41) is 0. The van der Waals surface area contributed by atoms with Crippen molar-refractivity contribution >= 4 is 15.7 Å². The van der Waals surface area contributed by atoms with Crippen molar-refractivity contribution in [1.29, 1.82) is 0 Å². The third-order valence-corrected chi connectivity index (χ3v) is 6.44. The quantitative estimate of drug-likeness (QED) is 0.601. The van der Waals surface area contributed by atoms with E-state index >= 15 is 0 Å². The maximum Gasteiger partial charge on any atom is 0.262 e. The first kappa shape index (κ1) is 22.3. The molecule has 1 N–H and O–H groups in total. The molecule has 5 heteroatoms. The minimum Gasteiger partial charge on any atom is -0.495 e. The van der Waals surface area contributed by atoms with Crippen LogP contribution < -0.4 is 9.46 Å². The maximum absolute atomic E-state index is 13.5. The van der Waals surface area contributed by atoms with E-state index in [0.717, 1.165) is 16.7 Å². The lowest BCUT2D eigenvalue weighted by molar-refractivity contribution is 0.417. The molecule has 0 radical (unpaired) electrons. The van der Waals surface area contributed by atoms with Gasteiger partial charge in [0.05, 0.1) is 17.7 Å². The lowest BCUT2D eigenvalue weighted by atomic mass is 9.89. The molecule has 0 fully saturated rings. The van der Waals surface area contributed by atoms with Crippen molar-refractivity contribution in [2.75, 3.05) is 11.8 Å². The number of hydrogen-bond acceptors (Lipinski definition) is 3. The van der Waals surface area contributed by atoms with Gasteiger partial charge in [-0.15, -0.1) is 0 Å². The summed E-state index contributed by atoms with van der Waals surface area (Å²) in [6.45, 7) is 14.3. The molecule has 0 aliphatic carbocycles. The van der Waals surface area contributed by atoms with Gasteiger partial charge in [0, 0.05) is 0 Å². The highest BCUT2D eigenvalue weighted by Crippen LogP contribution is 2.37. The number of rotatable bonds is 7. The average Bonchev–Trinajstić information content (AvgIpc) is 2.60. The Kier molecular flexibility index (Phi) is 6.81. The van der Waals surface area contributed by atoms with Gasteiger partial charge in [0.25, 0.3) is 10.0 Å². The number of ether oxygens (including phenoxy) is 1. The normalized spacial score (nSPS) is 12.1. The molecule has 28 heavy (non-hydrogen) atoms. The van der Waals surface area contributed by atoms with E-state index in [1.165, 1.54) is 5.56 Å². The molecule has 2 rings (SSSR count). The van der Waals surface area contributed by atoms with Crippen molar-refractivity contribution in [1.82, 2.24) is 0 Å². The zero-order chi connectivity index (χ0) is 21.2. The van der Waals surface area contributed by atoms with Gasteiger partial charge in [-0.25, -0.2) is 8.42 Å². The summed E-state index contributed by atoms with van der Waals surface area (Å²) in [6.07, 6.45) is 0. The van der Waals surface area contributed by atoms with Crippen LogP contribution in [0.25, 0.3) is 0 Å². The molecule has 0 atom stereocenters. The van der Waals surface area contributed by atoms with E-state index in [9.17, 15) is 8.42 Å². The zero-order valence-corrected chi connectivity index (χ0v) is 19.1. The molecule has 0 saturated carbocycles. The van der Waals surface area contributed by atoms with Crippen LogP contribution in [-0.2, 0) is 10.0 Å². The lowest BCUT2D eigenvalue weighted by Crippen LogP contribution is -2.19. The Morgan fingerprint density at radius 2 is 1.39 bits per heavy atom. The monoisotopic (exact) mass is 403 g/mol. The van der Waals surface area contributed by atoms with Crippen molar-refractivity contribution < 1.29 is 13.2 Å². The Labute approximate surface area is 170 Å². The second kappa shape index (κ2) is 8.56. The van der Waals surface area contributed by atoms with E-state index in [-0.39, 0.29) is 11.8 Å². The Hall–Kier alpha value is -2.01. The molecule has 0 aliphatic rings. The first-order valence-electron chi connectivity index (χ1n) is 9.83. The predicted octanol–water partition coefficient (Wildman–Crippen LogP) is 6.17. The van der Waals surface area contributed by atoms with Crippen LogP contribution >= 0.6 is 0 Å². The van der Waals surface area contributed by atoms with Gasteiger partial charge < -0.3 is 4.74 Å². The second-order valence-electron chi connectivity index (χ2n) is 8.30. The number of hydrogen-bond donors (Lipinski definition) is 1. The van der Waals surface area contributed by atoms with Crippen LogP contribution in [-0.4, -0.2) is 15.5 Å². The van der Waals surface area contributed by atoms with Crippen LogP contribution in [0.3, 0.4) is 0 Å². The van der Waals surface area contributed by atoms with Crippen LogP contribution in [0.1, 0.15) is 81.5 Å². The van der Waals surface area contributed by atoms with E-state index in [1.54, 1.807) is 19.2 Å². The predicted molar refractivity (Wildman–Crippen MR) is 117 cm³/mol. The highest BCUT2D eigenvalue weighted by molar-refractivity contribution is 7.92. The first-order chi connectivity index (χ1) is 13.0. The van der Waals surface area contributed by atoms with Crippen LogP contribution in [0.15, 0.2) is 35.2 Å². The highest BCUT2D eigenvalue weighted by atomic mass is 32.2. The van der Waals surface area contributed by atoms with E-state index in [1.807, 2.05) is 52.8 Å². The molecule has 0 aromatic heterocycles. The Morgan fingerprint density at radius 3 is 1.82 bits per heavy atom. The lowest BCUT2D eigenvalue weighted by Gasteiger charge is -2.23. The van der Waals surface area contributed by atoms with Crippen LogP contribution in [0.4, 0.5) is 5.69 Å². The van der Waals surface area contributed by atoms with Crippen molar-refractivity contribution in [3.8, 4) is 5.75 Å². The second-order valence-corrected chi connectivity index (χ2v) is 9.92. The summed E-state index contributed by atoms with van der Waals surface area (Å²) in [4.78, 5) is 0.394. The van der Waals surface area contributed by atoms with Gasteiger partial charge in [0.2, 0.25) is 0 Å². The fourth-order valence-corrected chi connectivity index (χ4v) is 5.06. The number of benzene rings is 2. The highest BCUT2D eigenvalue weighted by Gasteiger charge is 2.27. The van der Waals surface area contributed by atoms with Gasteiger partial charge in [-0.05, 0) is 59.1 Å². The molecule has 0 aliphatic heterocycles. The summed E-state index contributed by atoms with van der Waals surface area (Å²) >= 11 is 0. The number of nitrogens with one attached hydrogen (secondary N) is 1. The number of anilines is 1. The molecule has 0 saturated heterocycles. The van der Waals surface area contributed by atoms with Crippen molar-refractivity contribution in [3.05, 3.63) is 52.6 Å². The SMILES string of the molecule is COc1ccc(C)cc1NS(=O)(=O)c1c(C(C)C)cc(C(C)C)cc1C(C)C. The average molecular weight is 404 g/mol. The minimum atomic E-state index is -3.79. The Bertz CT molecular complexity index is 915. The van der Waals surface area contributed by atoms with Gasteiger partial charge in [-0.3, -0.25) is 4.72 Å².